The minimum atomic E-state index is -0.571. The first-order chi connectivity index (χ1) is 14.1. The third kappa shape index (κ3) is 3.57. The number of hydrogen-bond donors (Lipinski definition) is 1. The van der Waals surface area contributed by atoms with E-state index in [1.807, 2.05) is 12.1 Å². The Bertz CT molecular complexity index is 1050. The molecule has 0 saturated carbocycles. The molecule has 1 aromatic heterocycles. The standard InChI is InChI=1S/C23H19FN2O3/c1-29-19-11-7-15(8-12-19)20-21(16-5-9-17(24)10-6-16)26(23(28)22(20)27)14-18-4-2-3-13-25-18/h2-13,21,27H,14H2,1H3/t21-/m1/s1. The molecule has 4 rings (SSSR count). The van der Waals surface area contributed by atoms with Crippen LogP contribution < -0.4 is 4.74 Å². The lowest BCUT2D eigenvalue weighted by atomic mass is 9.93. The van der Waals surface area contributed by atoms with E-state index in [9.17, 15) is 14.3 Å². The van der Waals surface area contributed by atoms with Gasteiger partial charge in [-0.3, -0.25) is 9.78 Å². The third-order valence-corrected chi connectivity index (χ3v) is 4.95. The van der Waals surface area contributed by atoms with Gasteiger partial charge in [0.1, 0.15) is 11.6 Å². The summed E-state index contributed by atoms with van der Waals surface area (Å²) in [6.07, 6.45) is 1.65. The maximum absolute atomic E-state index is 13.5. The summed E-state index contributed by atoms with van der Waals surface area (Å²) in [4.78, 5) is 18.8. The SMILES string of the molecule is COc1ccc(C2=C(O)C(=O)N(Cc3ccccn3)[C@@H]2c2ccc(F)cc2)cc1. The van der Waals surface area contributed by atoms with Crippen molar-refractivity contribution in [2.45, 2.75) is 12.6 Å². The summed E-state index contributed by atoms with van der Waals surface area (Å²) in [6.45, 7) is 0.214. The molecule has 0 radical (unpaired) electrons. The quantitative estimate of drug-likeness (QED) is 0.706. The van der Waals surface area contributed by atoms with Crippen molar-refractivity contribution in [2.75, 3.05) is 7.11 Å². The molecule has 5 nitrogen and oxygen atoms in total. The largest absolute Gasteiger partial charge is 0.503 e. The number of carbonyl (C=O) groups is 1. The highest BCUT2D eigenvalue weighted by molar-refractivity contribution is 6.05. The van der Waals surface area contributed by atoms with E-state index in [1.165, 1.54) is 12.1 Å². The molecule has 3 aromatic rings. The minimum Gasteiger partial charge on any atom is -0.503 e. The average Bonchev–Trinajstić information content (AvgIpc) is 3.00. The molecule has 0 saturated heterocycles. The lowest BCUT2D eigenvalue weighted by Crippen LogP contribution is -2.30. The van der Waals surface area contributed by atoms with Crippen LogP contribution in [0.3, 0.4) is 0 Å². The molecule has 0 bridgehead atoms. The zero-order valence-corrected chi connectivity index (χ0v) is 15.7. The summed E-state index contributed by atoms with van der Waals surface area (Å²) in [5.41, 5.74) is 2.55. The van der Waals surface area contributed by atoms with Crippen LogP contribution in [-0.2, 0) is 11.3 Å². The Morgan fingerprint density at radius 2 is 1.79 bits per heavy atom. The fraction of sp³-hybridized carbons (Fsp3) is 0.130. The number of pyridine rings is 1. The molecule has 0 unspecified atom stereocenters. The normalized spacial score (nSPS) is 16.4. The summed E-state index contributed by atoms with van der Waals surface area (Å²) < 4.78 is 18.7. The number of hydrogen-bond acceptors (Lipinski definition) is 4. The molecule has 1 aliphatic heterocycles. The van der Waals surface area contributed by atoms with Gasteiger partial charge in [0.05, 0.1) is 25.4 Å². The predicted octanol–water partition coefficient (Wildman–Crippen LogP) is 4.28. The second-order valence-electron chi connectivity index (χ2n) is 6.70. The average molecular weight is 390 g/mol. The number of amides is 1. The second-order valence-corrected chi connectivity index (χ2v) is 6.70. The Morgan fingerprint density at radius 1 is 1.07 bits per heavy atom. The third-order valence-electron chi connectivity index (χ3n) is 4.95. The van der Waals surface area contributed by atoms with Crippen LogP contribution in [0.1, 0.15) is 22.9 Å². The van der Waals surface area contributed by atoms with E-state index in [-0.39, 0.29) is 18.1 Å². The molecule has 1 N–H and O–H groups in total. The van der Waals surface area contributed by atoms with Crippen molar-refractivity contribution in [1.29, 1.82) is 0 Å². The molecule has 146 valence electrons. The van der Waals surface area contributed by atoms with Crippen molar-refractivity contribution in [3.63, 3.8) is 0 Å². The topological polar surface area (TPSA) is 62.7 Å². The van der Waals surface area contributed by atoms with Gasteiger partial charge < -0.3 is 14.7 Å². The molecule has 1 atom stereocenters. The first-order valence-electron chi connectivity index (χ1n) is 9.12. The molecule has 1 aliphatic rings. The maximum Gasteiger partial charge on any atom is 0.290 e. The van der Waals surface area contributed by atoms with Crippen molar-refractivity contribution in [2.24, 2.45) is 0 Å². The number of carbonyl (C=O) groups excluding carboxylic acids is 1. The van der Waals surface area contributed by atoms with Crippen LogP contribution in [0.25, 0.3) is 5.57 Å². The highest BCUT2D eigenvalue weighted by Gasteiger charge is 2.41. The van der Waals surface area contributed by atoms with Gasteiger partial charge >= 0.3 is 0 Å². The van der Waals surface area contributed by atoms with Crippen molar-refractivity contribution >= 4 is 11.5 Å². The second kappa shape index (κ2) is 7.75. The van der Waals surface area contributed by atoms with Crippen LogP contribution in [0.4, 0.5) is 4.39 Å². The molecule has 29 heavy (non-hydrogen) atoms. The number of aliphatic hydroxyl groups is 1. The van der Waals surface area contributed by atoms with E-state index in [0.29, 0.717) is 28.1 Å². The highest BCUT2D eigenvalue weighted by atomic mass is 19.1. The van der Waals surface area contributed by atoms with Gasteiger partial charge in [0, 0.05) is 11.8 Å². The molecule has 6 heteroatoms. The first kappa shape index (κ1) is 18.7. The summed E-state index contributed by atoms with van der Waals surface area (Å²) in [7, 11) is 1.57. The predicted molar refractivity (Wildman–Crippen MR) is 106 cm³/mol. The van der Waals surface area contributed by atoms with E-state index < -0.39 is 11.9 Å². The van der Waals surface area contributed by atoms with Gasteiger partial charge in [-0.25, -0.2) is 4.39 Å². The summed E-state index contributed by atoms with van der Waals surface area (Å²) >= 11 is 0. The van der Waals surface area contributed by atoms with Crippen molar-refractivity contribution in [3.8, 4) is 5.75 Å². The molecule has 2 heterocycles. The Morgan fingerprint density at radius 3 is 2.41 bits per heavy atom. The van der Waals surface area contributed by atoms with Gasteiger partial charge in [0.2, 0.25) is 0 Å². The molecule has 2 aromatic carbocycles. The van der Waals surface area contributed by atoms with Gasteiger partial charge in [-0.1, -0.05) is 30.3 Å². The Balaban J connectivity index is 1.80. The molecular weight excluding hydrogens is 371 g/mol. The lowest BCUT2D eigenvalue weighted by molar-refractivity contribution is -0.130. The summed E-state index contributed by atoms with van der Waals surface area (Å²) in [5.74, 6) is -0.508. The van der Waals surface area contributed by atoms with Crippen LogP contribution >= 0.6 is 0 Å². The van der Waals surface area contributed by atoms with Gasteiger partial charge in [-0.15, -0.1) is 0 Å². The van der Waals surface area contributed by atoms with Gasteiger partial charge in [-0.05, 0) is 47.5 Å². The Kier molecular flexibility index (Phi) is 4.99. The highest BCUT2D eigenvalue weighted by Crippen LogP contribution is 2.43. The molecule has 0 spiro atoms. The number of ether oxygens (including phenoxy) is 1. The van der Waals surface area contributed by atoms with Gasteiger partial charge in [-0.2, -0.15) is 0 Å². The number of benzene rings is 2. The van der Waals surface area contributed by atoms with E-state index in [1.54, 1.807) is 60.7 Å². The van der Waals surface area contributed by atoms with E-state index in [4.69, 9.17) is 4.74 Å². The fourth-order valence-electron chi connectivity index (χ4n) is 3.54. The molecule has 0 aliphatic carbocycles. The molecular formula is C23H19FN2O3. The van der Waals surface area contributed by atoms with Crippen molar-refractivity contribution < 1.29 is 19.0 Å². The summed E-state index contributed by atoms with van der Waals surface area (Å²) in [6, 6.07) is 17.9. The summed E-state index contributed by atoms with van der Waals surface area (Å²) in [5, 5.41) is 10.7. The molecule has 1 amide bonds. The van der Waals surface area contributed by atoms with Crippen molar-refractivity contribution in [3.05, 3.63) is 101 Å². The van der Waals surface area contributed by atoms with Crippen LogP contribution in [0, 0.1) is 5.82 Å². The van der Waals surface area contributed by atoms with Crippen LogP contribution in [0.15, 0.2) is 78.7 Å². The monoisotopic (exact) mass is 390 g/mol. The van der Waals surface area contributed by atoms with Gasteiger partial charge in [0.15, 0.2) is 5.76 Å². The Hall–Kier alpha value is -3.67. The number of aliphatic hydroxyl groups excluding tert-OH is 1. The number of aromatic nitrogens is 1. The maximum atomic E-state index is 13.5. The zero-order chi connectivity index (χ0) is 20.4. The van der Waals surface area contributed by atoms with Crippen molar-refractivity contribution in [1.82, 2.24) is 9.88 Å². The number of halogens is 1. The number of nitrogens with zero attached hydrogens (tertiary/aromatic N) is 2. The van der Waals surface area contributed by atoms with E-state index in [0.717, 1.165) is 0 Å². The van der Waals surface area contributed by atoms with E-state index >= 15 is 0 Å². The van der Waals surface area contributed by atoms with E-state index in [2.05, 4.69) is 4.98 Å². The zero-order valence-electron chi connectivity index (χ0n) is 15.7. The smallest absolute Gasteiger partial charge is 0.290 e. The Labute approximate surface area is 167 Å². The minimum absolute atomic E-state index is 0.214. The molecule has 0 fully saturated rings. The lowest BCUT2D eigenvalue weighted by Gasteiger charge is -2.27. The van der Waals surface area contributed by atoms with Crippen LogP contribution in [0.5, 0.6) is 5.75 Å². The van der Waals surface area contributed by atoms with Gasteiger partial charge in [0.25, 0.3) is 5.91 Å². The first-order valence-corrected chi connectivity index (χ1v) is 9.12. The number of methoxy groups -OCH3 is 1. The van der Waals surface area contributed by atoms with Crippen LogP contribution in [-0.4, -0.2) is 28.0 Å². The fourth-order valence-corrected chi connectivity index (χ4v) is 3.54. The number of rotatable bonds is 5. The van der Waals surface area contributed by atoms with Crippen LogP contribution in [0.2, 0.25) is 0 Å².